The number of hydrogen-bond acceptors (Lipinski definition) is 4. The molecule has 0 saturated carbocycles. The lowest BCUT2D eigenvalue weighted by Gasteiger charge is -2.05. The summed E-state index contributed by atoms with van der Waals surface area (Å²) < 4.78 is 0.775. The molecular weight excluding hydrogens is 447 g/mol. The molecule has 128 valence electrons. The number of halogens is 3. The average molecular weight is 458 g/mol. The van der Waals surface area contributed by atoms with Crippen LogP contribution in [0.4, 0.5) is 5.69 Å². The molecule has 0 fully saturated rings. The lowest BCUT2D eigenvalue weighted by Crippen LogP contribution is -2.14. The van der Waals surface area contributed by atoms with E-state index >= 15 is 0 Å². The second-order valence-electron chi connectivity index (χ2n) is 4.94. The van der Waals surface area contributed by atoms with Gasteiger partial charge in [-0.25, -0.2) is 4.98 Å². The molecule has 0 spiro atoms. The Morgan fingerprint density at radius 1 is 1.20 bits per heavy atom. The number of amides is 1. The molecule has 25 heavy (non-hydrogen) atoms. The standard InChI is InChI=1S/C16H11BrCl2N4OS/c17-12-6-5-11(7-13(12)19)20-14(24)8-25-16-21-15(22-23-16)9-1-3-10(18)4-2-9/h1-7H,8H2,(H,20,24)(H,21,22,23). The number of nitrogens with zero attached hydrogens (tertiary/aromatic N) is 2. The molecule has 2 N–H and O–H groups in total. The van der Waals surface area contributed by atoms with Gasteiger partial charge in [0.15, 0.2) is 5.82 Å². The number of aromatic nitrogens is 3. The minimum Gasteiger partial charge on any atom is -0.325 e. The minimum absolute atomic E-state index is 0.166. The Hall–Kier alpha value is -1.54. The van der Waals surface area contributed by atoms with Gasteiger partial charge in [0.1, 0.15) is 0 Å². The molecule has 0 radical (unpaired) electrons. The first-order chi connectivity index (χ1) is 12.0. The monoisotopic (exact) mass is 456 g/mol. The Balaban J connectivity index is 1.57. The third kappa shape index (κ3) is 4.98. The zero-order valence-electron chi connectivity index (χ0n) is 12.6. The fraction of sp³-hybridized carbons (Fsp3) is 0.0625. The average Bonchev–Trinajstić information content (AvgIpc) is 3.06. The van der Waals surface area contributed by atoms with Crippen molar-refractivity contribution in [1.29, 1.82) is 0 Å². The summed E-state index contributed by atoms with van der Waals surface area (Å²) in [5.41, 5.74) is 1.51. The molecule has 0 bridgehead atoms. The number of benzene rings is 2. The topological polar surface area (TPSA) is 70.7 Å². The SMILES string of the molecule is O=C(CSc1n[nH]c(-c2ccc(Cl)cc2)n1)Nc1ccc(Br)c(Cl)c1. The Kier molecular flexibility index (Phi) is 6.01. The Bertz CT molecular complexity index is 901. The highest BCUT2D eigenvalue weighted by Gasteiger charge is 2.10. The van der Waals surface area contributed by atoms with Gasteiger partial charge < -0.3 is 5.32 Å². The van der Waals surface area contributed by atoms with Crippen molar-refractivity contribution < 1.29 is 4.79 Å². The van der Waals surface area contributed by atoms with Gasteiger partial charge in [0.05, 0.1) is 10.8 Å². The molecule has 0 aliphatic rings. The Labute approximate surface area is 166 Å². The van der Waals surface area contributed by atoms with Crippen molar-refractivity contribution in [3.05, 3.63) is 57.0 Å². The number of thioether (sulfide) groups is 1. The highest BCUT2D eigenvalue weighted by Crippen LogP contribution is 2.26. The smallest absolute Gasteiger partial charge is 0.234 e. The van der Waals surface area contributed by atoms with E-state index in [2.05, 4.69) is 36.4 Å². The molecule has 1 heterocycles. The molecule has 0 aliphatic heterocycles. The van der Waals surface area contributed by atoms with E-state index in [0.29, 0.717) is 26.7 Å². The van der Waals surface area contributed by atoms with Crippen LogP contribution in [0.15, 0.2) is 52.1 Å². The highest BCUT2D eigenvalue weighted by molar-refractivity contribution is 9.10. The molecule has 1 aromatic heterocycles. The van der Waals surface area contributed by atoms with E-state index in [0.717, 1.165) is 10.0 Å². The molecule has 2 aromatic carbocycles. The normalized spacial score (nSPS) is 10.7. The molecule has 3 aromatic rings. The summed E-state index contributed by atoms with van der Waals surface area (Å²) in [7, 11) is 0. The van der Waals surface area contributed by atoms with Gasteiger partial charge in [0.2, 0.25) is 11.1 Å². The van der Waals surface area contributed by atoms with Crippen molar-refractivity contribution in [3.8, 4) is 11.4 Å². The van der Waals surface area contributed by atoms with Gasteiger partial charge in [-0.3, -0.25) is 9.89 Å². The van der Waals surface area contributed by atoms with Crippen LogP contribution in [0.3, 0.4) is 0 Å². The van der Waals surface area contributed by atoms with Crippen molar-refractivity contribution >= 4 is 62.5 Å². The second kappa shape index (κ2) is 8.23. The third-order valence-corrected chi connectivity index (χ3v) is 5.45. The summed E-state index contributed by atoms with van der Waals surface area (Å²) in [6.45, 7) is 0. The molecule has 9 heteroatoms. The largest absolute Gasteiger partial charge is 0.325 e. The summed E-state index contributed by atoms with van der Waals surface area (Å²) in [6.07, 6.45) is 0. The Morgan fingerprint density at radius 2 is 1.96 bits per heavy atom. The van der Waals surface area contributed by atoms with Gasteiger partial charge in [0.25, 0.3) is 0 Å². The van der Waals surface area contributed by atoms with Crippen LogP contribution in [-0.4, -0.2) is 26.8 Å². The zero-order chi connectivity index (χ0) is 17.8. The third-order valence-electron chi connectivity index (χ3n) is 3.12. The summed E-state index contributed by atoms with van der Waals surface area (Å²) in [5, 5.41) is 11.4. The Morgan fingerprint density at radius 3 is 2.68 bits per heavy atom. The number of H-pyrrole nitrogens is 1. The number of carbonyl (C=O) groups is 1. The maximum Gasteiger partial charge on any atom is 0.234 e. The van der Waals surface area contributed by atoms with Crippen LogP contribution in [0.5, 0.6) is 0 Å². The second-order valence-corrected chi connectivity index (χ2v) is 7.58. The molecule has 5 nitrogen and oxygen atoms in total. The molecule has 3 rings (SSSR count). The van der Waals surface area contributed by atoms with Crippen LogP contribution in [0.1, 0.15) is 0 Å². The van der Waals surface area contributed by atoms with Gasteiger partial charge in [-0.1, -0.05) is 35.0 Å². The van der Waals surface area contributed by atoms with Crippen LogP contribution in [0.25, 0.3) is 11.4 Å². The molecule has 1 amide bonds. The lowest BCUT2D eigenvalue weighted by atomic mass is 10.2. The van der Waals surface area contributed by atoms with E-state index in [4.69, 9.17) is 23.2 Å². The van der Waals surface area contributed by atoms with E-state index in [1.54, 1.807) is 30.3 Å². The summed E-state index contributed by atoms with van der Waals surface area (Å²) in [4.78, 5) is 16.4. The van der Waals surface area contributed by atoms with Gasteiger partial charge in [0, 0.05) is 20.7 Å². The molecular formula is C16H11BrCl2N4OS. The van der Waals surface area contributed by atoms with E-state index in [9.17, 15) is 4.79 Å². The summed E-state index contributed by atoms with van der Waals surface area (Å²) in [6, 6.07) is 12.5. The van der Waals surface area contributed by atoms with Crippen LogP contribution in [0, 0.1) is 0 Å². The van der Waals surface area contributed by atoms with Crippen molar-refractivity contribution in [2.24, 2.45) is 0 Å². The van der Waals surface area contributed by atoms with Crippen molar-refractivity contribution in [2.45, 2.75) is 5.16 Å². The highest BCUT2D eigenvalue weighted by atomic mass is 79.9. The number of aromatic amines is 1. The van der Waals surface area contributed by atoms with E-state index in [1.807, 2.05) is 12.1 Å². The van der Waals surface area contributed by atoms with Crippen LogP contribution < -0.4 is 5.32 Å². The van der Waals surface area contributed by atoms with Gasteiger partial charge in [-0.15, -0.1) is 5.10 Å². The van der Waals surface area contributed by atoms with Gasteiger partial charge in [-0.2, -0.15) is 0 Å². The number of nitrogens with one attached hydrogen (secondary N) is 2. The van der Waals surface area contributed by atoms with Gasteiger partial charge >= 0.3 is 0 Å². The maximum atomic E-state index is 12.0. The molecule has 0 unspecified atom stereocenters. The van der Waals surface area contributed by atoms with Crippen LogP contribution in [-0.2, 0) is 4.79 Å². The maximum absolute atomic E-state index is 12.0. The predicted molar refractivity (Wildman–Crippen MR) is 105 cm³/mol. The summed E-state index contributed by atoms with van der Waals surface area (Å²) in [5.74, 6) is 0.645. The minimum atomic E-state index is -0.166. The number of anilines is 1. The van der Waals surface area contributed by atoms with E-state index in [-0.39, 0.29) is 11.7 Å². The van der Waals surface area contributed by atoms with Gasteiger partial charge in [-0.05, 0) is 58.4 Å². The van der Waals surface area contributed by atoms with E-state index in [1.165, 1.54) is 11.8 Å². The van der Waals surface area contributed by atoms with Crippen molar-refractivity contribution in [2.75, 3.05) is 11.1 Å². The first-order valence-electron chi connectivity index (χ1n) is 7.07. The number of carbonyl (C=O) groups excluding carboxylic acids is 1. The number of rotatable bonds is 5. The fourth-order valence-electron chi connectivity index (χ4n) is 1.95. The molecule has 0 saturated heterocycles. The van der Waals surface area contributed by atoms with E-state index < -0.39 is 0 Å². The first-order valence-corrected chi connectivity index (χ1v) is 9.61. The number of hydrogen-bond donors (Lipinski definition) is 2. The quantitative estimate of drug-likeness (QED) is 0.512. The first kappa shape index (κ1) is 18.3. The van der Waals surface area contributed by atoms with Crippen LogP contribution in [0.2, 0.25) is 10.0 Å². The molecule has 0 aliphatic carbocycles. The predicted octanol–water partition coefficient (Wildman–Crippen LogP) is 5.27. The lowest BCUT2D eigenvalue weighted by molar-refractivity contribution is -0.113. The van der Waals surface area contributed by atoms with Crippen molar-refractivity contribution in [3.63, 3.8) is 0 Å². The van der Waals surface area contributed by atoms with Crippen LogP contribution >= 0.6 is 50.9 Å². The fourth-order valence-corrected chi connectivity index (χ4v) is 3.10. The summed E-state index contributed by atoms with van der Waals surface area (Å²) >= 11 is 16.4. The zero-order valence-corrected chi connectivity index (χ0v) is 16.5. The van der Waals surface area contributed by atoms with Crippen molar-refractivity contribution in [1.82, 2.24) is 15.2 Å². The molecule has 0 atom stereocenters.